The molecule has 0 aliphatic carbocycles. The van der Waals surface area contributed by atoms with Crippen molar-refractivity contribution in [3.05, 3.63) is 64.2 Å². The fourth-order valence-electron chi connectivity index (χ4n) is 3.09. The molecule has 2 N–H and O–H groups in total. The molecule has 0 unspecified atom stereocenters. The highest BCUT2D eigenvalue weighted by Gasteiger charge is 2.42. The molecule has 2 aromatic rings. The molecular formula is C21H17N3O5. The molecule has 146 valence electrons. The van der Waals surface area contributed by atoms with E-state index in [1.807, 2.05) is 6.07 Å². The van der Waals surface area contributed by atoms with Crippen LogP contribution in [-0.2, 0) is 0 Å². The first-order valence-corrected chi connectivity index (χ1v) is 8.66. The van der Waals surface area contributed by atoms with Crippen molar-refractivity contribution in [2.24, 2.45) is 0 Å². The van der Waals surface area contributed by atoms with E-state index in [9.17, 15) is 24.3 Å². The van der Waals surface area contributed by atoms with Crippen LogP contribution in [0.3, 0.4) is 0 Å². The second kappa shape index (κ2) is 6.87. The van der Waals surface area contributed by atoms with Crippen molar-refractivity contribution in [3.63, 3.8) is 0 Å². The number of hydrogen-bond acceptors (Lipinski definition) is 5. The highest BCUT2D eigenvalue weighted by Crippen LogP contribution is 2.30. The number of amides is 3. The van der Waals surface area contributed by atoms with Crippen molar-refractivity contribution in [1.82, 2.24) is 4.90 Å². The Labute approximate surface area is 166 Å². The molecular weight excluding hydrogens is 374 g/mol. The minimum absolute atomic E-state index is 0.0146. The predicted molar refractivity (Wildman–Crippen MR) is 103 cm³/mol. The van der Waals surface area contributed by atoms with Crippen LogP contribution in [0.1, 0.15) is 67.8 Å². The Morgan fingerprint density at radius 3 is 2.28 bits per heavy atom. The van der Waals surface area contributed by atoms with E-state index in [2.05, 4.69) is 5.32 Å². The van der Waals surface area contributed by atoms with Gasteiger partial charge < -0.3 is 10.4 Å². The highest BCUT2D eigenvalue weighted by molar-refractivity contribution is 6.22. The summed E-state index contributed by atoms with van der Waals surface area (Å²) in [5.74, 6) is -2.86. The Morgan fingerprint density at radius 1 is 1.03 bits per heavy atom. The highest BCUT2D eigenvalue weighted by atomic mass is 16.4. The molecule has 0 spiro atoms. The van der Waals surface area contributed by atoms with E-state index in [1.165, 1.54) is 30.3 Å². The summed E-state index contributed by atoms with van der Waals surface area (Å²) >= 11 is 0. The van der Waals surface area contributed by atoms with Crippen LogP contribution in [0.15, 0.2) is 36.4 Å². The summed E-state index contributed by atoms with van der Waals surface area (Å²) in [6.07, 6.45) is 0. The van der Waals surface area contributed by atoms with E-state index in [4.69, 9.17) is 5.26 Å². The first-order chi connectivity index (χ1) is 13.5. The topological polar surface area (TPSA) is 128 Å². The van der Waals surface area contributed by atoms with E-state index in [0.29, 0.717) is 0 Å². The molecule has 0 saturated carbocycles. The quantitative estimate of drug-likeness (QED) is 0.775. The van der Waals surface area contributed by atoms with Crippen molar-refractivity contribution in [2.75, 3.05) is 5.32 Å². The number of carbonyl (C=O) groups is 4. The minimum Gasteiger partial charge on any atom is -0.478 e. The summed E-state index contributed by atoms with van der Waals surface area (Å²) in [6, 6.07) is 9.83. The van der Waals surface area contributed by atoms with Crippen LogP contribution in [0.5, 0.6) is 0 Å². The molecule has 1 heterocycles. The zero-order valence-electron chi connectivity index (χ0n) is 15.9. The zero-order chi connectivity index (χ0) is 21.5. The van der Waals surface area contributed by atoms with E-state index in [-0.39, 0.29) is 33.5 Å². The lowest BCUT2D eigenvalue weighted by Crippen LogP contribution is -2.45. The van der Waals surface area contributed by atoms with Gasteiger partial charge in [0.1, 0.15) is 0 Å². The van der Waals surface area contributed by atoms with Crippen molar-refractivity contribution < 1.29 is 24.3 Å². The van der Waals surface area contributed by atoms with Crippen molar-refractivity contribution in [3.8, 4) is 6.07 Å². The SMILES string of the molecule is CC(C)(C)N1C(=O)c2ccc(C(=O)Nc3ccc(C#N)cc3C(=O)O)cc2C1=O. The van der Waals surface area contributed by atoms with Gasteiger partial charge in [-0.3, -0.25) is 19.3 Å². The number of nitrogens with zero attached hydrogens (tertiary/aromatic N) is 2. The maximum atomic E-state index is 12.7. The van der Waals surface area contributed by atoms with Crippen LogP contribution in [0.4, 0.5) is 5.69 Å². The summed E-state index contributed by atoms with van der Waals surface area (Å²) in [4.78, 5) is 50.4. The monoisotopic (exact) mass is 391 g/mol. The zero-order valence-corrected chi connectivity index (χ0v) is 15.9. The number of nitriles is 1. The van der Waals surface area contributed by atoms with Gasteiger partial charge in [0.25, 0.3) is 17.7 Å². The number of hydrogen-bond donors (Lipinski definition) is 2. The smallest absolute Gasteiger partial charge is 0.337 e. The third-order valence-corrected chi connectivity index (χ3v) is 4.45. The number of aromatic carboxylic acids is 1. The maximum Gasteiger partial charge on any atom is 0.337 e. The molecule has 0 atom stereocenters. The molecule has 8 heteroatoms. The van der Waals surface area contributed by atoms with E-state index < -0.39 is 29.2 Å². The van der Waals surface area contributed by atoms with Gasteiger partial charge in [-0.2, -0.15) is 5.26 Å². The number of nitrogens with one attached hydrogen (secondary N) is 1. The predicted octanol–water partition coefficient (Wildman–Crippen LogP) is 2.90. The summed E-state index contributed by atoms with van der Waals surface area (Å²) in [5.41, 5.74) is -0.355. The van der Waals surface area contributed by atoms with Gasteiger partial charge in [-0.15, -0.1) is 0 Å². The van der Waals surface area contributed by atoms with Gasteiger partial charge in [0.15, 0.2) is 0 Å². The Balaban J connectivity index is 1.94. The number of anilines is 1. The Hall–Kier alpha value is -3.99. The number of carboxylic acid groups (broad SMARTS) is 1. The van der Waals surface area contributed by atoms with Crippen molar-refractivity contribution in [1.29, 1.82) is 5.26 Å². The fraction of sp³-hybridized carbons (Fsp3) is 0.190. The molecule has 2 aromatic carbocycles. The van der Waals surface area contributed by atoms with Crippen molar-refractivity contribution in [2.45, 2.75) is 26.3 Å². The lowest BCUT2D eigenvalue weighted by atomic mass is 10.0. The van der Waals surface area contributed by atoms with Gasteiger partial charge in [-0.25, -0.2) is 4.79 Å². The Morgan fingerprint density at radius 2 is 1.69 bits per heavy atom. The summed E-state index contributed by atoms with van der Waals surface area (Å²) in [5, 5.41) is 20.7. The van der Waals surface area contributed by atoms with E-state index in [0.717, 1.165) is 11.0 Å². The summed E-state index contributed by atoms with van der Waals surface area (Å²) in [6.45, 7) is 5.21. The van der Waals surface area contributed by atoms with Crippen LogP contribution in [0.25, 0.3) is 0 Å². The molecule has 0 radical (unpaired) electrons. The van der Waals surface area contributed by atoms with Gasteiger partial charge in [0.2, 0.25) is 0 Å². The Bertz CT molecular complexity index is 1120. The van der Waals surface area contributed by atoms with Crippen LogP contribution in [0, 0.1) is 11.3 Å². The van der Waals surface area contributed by atoms with Gasteiger partial charge in [0, 0.05) is 11.1 Å². The number of rotatable bonds is 3. The Kier molecular flexibility index (Phi) is 4.68. The molecule has 0 fully saturated rings. The third kappa shape index (κ3) is 3.46. The second-order valence-corrected chi connectivity index (χ2v) is 7.51. The lowest BCUT2D eigenvalue weighted by Gasteiger charge is -2.29. The third-order valence-electron chi connectivity index (χ3n) is 4.45. The lowest BCUT2D eigenvalue weighted by molar-refractivity contribution is 0.0506. The van der Waals surface area contributed by atoms with Gasteiger partial charge >= 0.3 is 5.97 Å². The number of imide groups is 1. The van der Waals surface area contributed by atoms with Crippen molar-refractivity contribution >= 4 is 29.4 Å². The standard InChI is InChI=1S/C21H17N3O5/c1-21(2,3)24-18(26)13-6-5-12(9-14(13)19(24)27)17(25)23-16-7-4-11(10-22)8-15(16)20(28)29/h4-9H,1-3H3,(H,23,25)(H,28,29). The molecule has 0 saturated heterocycles. The minimum atomic E-state index is -1.30. The average molecular weight is 391 g/mol. The molecule has 29 heavy (non-hydrogen) atoms. The first-order valence-electron chi connectivity index (χ1n) is 8.66. The van der Waals surface area contributed by atoms with Gasteiger partial charge in [-0.05, 0) is 57.2 Å². The molecule has 3 rings (SSSR count). The number of fused-ring (bicyclic) bond motifs is 1. The van der Waals surface area contributed by atoms with E-state index >= 15 is 0 Å². The maximum absolute atomic E-state index is 12.7. The summed E-state index contributed by atoms with van der Waals surface area (Å²) in [7, 11) is 0. The van der Waals surface area contributed by atoms with Gasteiger partial charge in [0.05, 0.1) is 34.0 Å². The van der Waals surface area contributed by atoms with E-state index in [1.54, 1.807) is 20.8 Å². The number of carbonyl (C=O) groups excluding carboxylic acids is 3. The summed E-state index contributed by atoms with van der Waals surface area (Å²) < 4.78 is 0. The van der Waals surface area contributed by atoms with Gasteiger partial charge in [-0.1, -0.05) is 0 Å². The molecule has 1 aliphatic rings. The number of benzene rings is 2. The normalized spacial score (nSPS) is 13.1. The molecule has 0 bridgehead atoms. The molecule has 0 aromatic heterocycles. The molecule has 1 aliphatic heterocycles. The molecule has 8 nitrogen and oxygen atoms in total. The largest absolute Gasteiger partial charge is 0.478 e. The van der Waals surface area contributed by atoms with Crippen LogP contribution in [0.2, 0.25) is 0 Å². The number of carboxylic acids is 1. The molecule has 3 amide bonds. The first kappa shape index (κ1) is 19.8. The average Bonchev–Trinajstić information content (AvgIpc) is 2.91. The van der Waals surface area contributed by atoms with Crippen LogP contribution < -0.4 is 5.32 Å². The van der Waals surface area contributed by atoms with Crippen LogP contribution >= 0.6 is 0 Å². The fourth-order valence-corrected chi connectivity index (χ4v) is 3.09. The second-order valence-electron chi connectivity index (χ2n) is 7.51. The van der Waals surface area contributed by atoms with Crippen LogP contribution in [-0.4, -0.2) is 39.2 Å².